The smallest absolute Gasteiger partial charge is 0.154 e. The zero-order valence-corrected chi connectivity index (χ0v) is 11.8. The van der Waals surface area contributed by atoms with E-state index in [1.54, 1.807) is 12.1 Å². The van der Waals surface area contributed by atoms with Crippen molar-refractivity contribution in [3.63, 3.8) is 0 Å². The molecule has 0 fully saturated rings. The lowest BCUT2D eigenvalue weighted by molar-refractivity contribution is 0.800. The summed E-state index contributed by atoms with van der Waals surface area (Å²) in [6, 6.07) is 3.60. The Bertz CT molecular complexity index is 640. The van der Waals surface area contributed by atoms with Gasteiger partial charge in [0, 0.05) is 17.0 Å². The number of pyridine rings is 1. The van der Waals surface area contributed by atoms with Crippen LogP contribution in [0.15, 0.2) is 12.1 Å². The second kappa shape index (κ2) is 4.84. The maximum absolute atomic E-state index is 7.55. The van der Waals surface area contributed by atoms with Crippen LogP contribution in [0.3, 0.4) is 0 Å². The van der Waals surface area contributed by atoms with Gasteiger partial charge in [0.1, 0.15) is 5.84 Å². The van der Waals surface area contributed by atoms with Crippen molar-refractivity contribution < 1.29 is 0 Å². The van der Waals surface area contributed by atoms with E-state index in [0.29, 0.717) is 11.4 Å². The molecule has 2 aromatic heterocycles. The van der Waals surface area contributed by atoms with Gasteiger partial charge in [-0.1, -0.05) is 6.92 Å². The molecule has 0 saturated heterocycles. The molecule has 0 spiro atoms. The predicted molar refractivity (Wildman–Crippen MR) is 76.0 cm³/mol. The Morgan fingerprint density at radius 3 is 2.53 bits per heavy atom. The Kier molecular flexibility index (Phi) is 3.38. The molecule has 2 heterocycles. The summed E-state index contributed by atoms with van der Waals surface area (Å²) in [4.78, 5) is 4.48. The number of nitrogens with two attached hydrogens (primary N) is 1. The van der Waals surface area contributed by atoms with Gasteiger partial charge in [0.15, 0.2) is 5.82 Å². The summed E-state index contributed by atoms with van der Waals surface area (Å²) in [6.45, 7) is 8.05. The third-order valence-corrected chi connectivity index (χ3v) is 3.26. The lowest BCUT2D eigenvalue weighted by atomic mass is 10.1. The molecule has 0 amide bonds. The monoisotopic (exact) mass is 257 g/mol. The second-order valence-electron chi connectivity index (χ2n) is 4.68. The Balaban J connectivity index is 2.62. The van der Waals surface area contributed by atoms with Crippen LogP contribution in [0.4, 0.5) is 0 Å². The number of nitrogen functional groups attached to an aromatic ring is 1. The highest BCUT2D eigenvalue weighted by molar-refractivity contribution is 5.95. The van der Waals surface area contributed by atoms with Crippen molar-refractivity contribution in [3.8, 4) is 5.82 Å². The average Bonchev–Trinajstić information content (AvgIpc) is 2.63. The molecule has 19 heavy (non-hydrogen) atoms. The fourth-order valence-corrected chi connectivity index (χ4v) is 2.32. The molecule has 0 aromatic carbocycles. The third kappa shape index (κ3) is 2.36. The molecule has 0 saturated carbocycles. The summed E-state index contributed by atoms with van der Waals surface area (Å²) in [7, 11) is 0. The summed E-state index contributed by atoms with van der Waals surface area (Å²) in [6.07, 6.45) is 0.947. The largest absolute Gasteiger partial charge is 0.384 e. The fourth-order valence-electron chi connectivity index (χ4n) is 2.32. The van der Waals surface area contributed by atoms with Crippen LogP contribution in [0.2, 0.25) is 0 Å². The topological polar surface area (TPSA) is 80.6 Å². The fraction of sp³-hybridized carbons (Fsp3) is 0.357. The molecule has 0 radical (unpaired) electrons. The lowest BCUT2D eigenvalue weighted by Gasteiger charge is -2.08. The van der Waals surface area contributed by atoms with Crippen LogP contribution in [0.1, 0.15) is 35.1 Å². The Hall–Kier alpha value is -2.17. The highest BCUT2D eigenvalue weighted by atomic mass is 15.3. The first-order valence-corrected chi connectivity index (χ1v) is 6.32. The van der Waals surface area contributed by atoms with Crippen LogP contribution in [0.25, 0.3) is 5.82 Å². The van der Waals surface area contributed by atoms with Crippen molar-refractivity contribution >= 4 is 5.84 Å². The van der Waals surface area contributed by atoms with Gasteiger partial charge in [-0.3, -0.25) is 5.41 Å². The van der Waals surface area contributed by atoms with Gasteiger partial charge < -0.3 is 5.73 Å². The van der Waals surface area contributed by atoms with E-state index in [1.165, 1.54) is 5.56 Å². The number of hydrogen-bond acceptors (Lipinski definition) is 3. The zero-order valence-electron chi connectivity index (χ0n) is 11.8. The number of amidine groups is 1. The Morgan fingerprint density at radius 1 is 1.32 bits per heavy atom. The van der Waals surface area contributed by atoms with E-state index < -0.39 is 0 Å². The van der Waals surface area contributed by atoms with Crippen LogP contribution in [0, 0.1) is 26.2 Å². The van der Waals surface area contributed by atoms with E-state index in [0.717, 1.165) is 23.5 Å². The van der Waals surface area contributed by atoms with Crippen molar-refractivity contribution in [2.24, 2.45) is 5.73 Å². The number of rotatable bonds is 3. The first kappa shape index (κ1) is 13.3. The minimum atomic E-state index is 0.0454. The van der Waals surface area contributed by atoms with E-state index >= 15 is 0 Å². The molecule has 2 rings (SSSR count). The molecule has 0 unspecified atom stereocenters. The molecule has 100 valence electrons. The molecule has 5 nitrogen and oxygen atoms in total. The molecule has 0 atom stereocenters. The number of aryl methyl sites for hydroxylation is 2. The SMILES string of the molecule is CCc1c(C)nn(-c2cc(C(=N)N)cc(C)n2)c1C. The molecule has 2 aromatic rings. The molecule has 3 N–H and O–H groups in total. The molecule has 0 bridgehead atoms. The number of nitrogens with zero attached hydrogens (tertiary/aromatic N) is 3. The van der Waals surface area contributed by atoms with Crippen LogP contribution in [0.5, 0.6) is 0 Å². The maximum Gasteiger partial charge on any atom is 0.154 e. The highest BCUT2D eigenvalue weighted by Gasteiger charge is 2.13. The molecular weight excluding hydrogens is 238 g/mol. The first-order valence-electron chi connectivity index (χ1n) is 6.32. The van der Waals surface area contributed by atoms with E-state index in [-0.39, 0.29) is 5.84 Å². The normalized spacial score (nSPS) is 10.7. The van der Waals surface area contributed by atoms with Crippen molar-refractivity contribution in [2.75, 3.05) is 0 Å². The van der Waals surface area contributed by atoms with E-state index in [9.17, 15) is 0 Å². The Labute approximate surface area is 113 Å². The zero-order chi connectivity index (χ0) is 14.2. The summed E-state index contributed by atoms with van der Waals surface area (Å²) in [5.41, 5.74) is 10.4. The van der Waals surface area contributed by atoms with Crippen molar-refractivity contribution in [1.82, 2.24) is 14.8 Å². The van der Waals surface area contributed by atoms with Crippen molar-refractivity contribution in [2.45, 2.75) is 34.1 Å². The quantitative estimate of drug-likeness (QED) is 0.652. The van der Waals surface area contributed by atoms with Gasteiger partial charge in [-0.15, -0.1) is 0 Å². The second-order valence-corrected chi connectivity index (χ2v) is 4.68. The van der Waals surface area contributed by atoms with Crippen molar-refractivity contribution in [1.29, 1.82) is 5.41 Å². The van der Waals surface area contributed by atoms with Crippen LogP contribution < -0.4 is 5.73 Å². The summed E-state index contributed by atoms with van der Waals surface area (Å²) >= 11 is 0. The van der Waals surface area contributed by atoms with Gasteiger partial charge >= 0.3 is 0 Å². The van der Waals surface area contributed by atoms with Crippen molar-refractivity contribution in [3.05, 3.63) is 40.3 Å². The first-order chi connectivity index (χ1) is 8.93. The average molecular weight is 257 g/mol. The summed E-state index contributed by atoms with van der Waals surface area (Å²) < 4.78 is 1.83. The van der Waals surface area contributed by atoms with Gasteiger partial charge in [0.2, 0.25) is 0 Å². The molecule has 0 aliphatic carbocycles. The Morgan fingerprint density at radius 2 is 2.00 bits per heavy atom. The van der Waals surface area contributed by atoms with Gasteiger partial charge in [-0.05, 0) is 44.9 Å². The van der Waals surface area contributed by atoms with Gasteiger partial charge in [-0.25, -0.2) is 9.67 Å². The molecule has 5 heteroatoms. The van der Waals surface area contributed by atoms with Crippen LogP contribution in [-0.2, 0) is 6.42 Å². The summed E-state index contributed by atoms with van der Waals surface area (Å²) in [5.74, 6) is 0.759. The highest BCUT2D eigenvalue weighted by Crippen LogP contribution is 2.18. The number of hydrogen-bond donors (Lipinski definition) is 2. The van der Waals surface area contributed by atoms with Gasteiger partial charge in [-0.2, -0.15) is 5.10 Å². The maximum atomic E-state index is 7.55. The number of nitrogens with one attached hydrogen (secondary N) is 1. The minimum absolute atomic E-state index is 0.0454. The molecule has 0 aliphatic heterocycles. The number of aromatic nitrogens is 3. The third-order valence-electron chi connectivity index (χ3n) is 3.26. The van der Waals surface area contributed by atoms with E-state index in [2.05, 4.69) is 17.0 Å². The molecule has 0 aliphatic rings. The standard InChI is InChI=1S/C14H19N5/c1-5-12-9(3)18-19(10(12)4)13-7-11(14(15)16)6-8(2)17-13/h6-7H,5H2,1-4H3,(H3,15,16). The van der Waals surface area contributed by atoms with Crippen LogP contribution >= 0.6 is 0 Å². The van der Waals surface area contributed by atoms with Crippen LogP contribution in [-0.4, -0.2) is 20.6 Å². The van der Waals surface area contributed by atoms with Gasteiger partial charge in [0.05, 0.1) is 5.69 Å². The van der Waals surface area contributed by atoms with Gasteiger partial charge in [0.25, 0.3) is 0 Å². The molecular formula is C14H19N5. The van der Waals surface area contributed by atoms with E-state index in [1.807, 2.05) is 25.5 Å². The van der Waals surface area contributed by atoms with E-state index in [4.69, 9.17) is 11.1 Å². The predicted octanol–water partition coefficient (Wildman–Crippen LogP) is 2.04. The minimum Gasteiger partial charge on any atom is -0.384 e. The summed E-state index contributed by atoms with van der Waals surface area (Å²) in [5, 5.41) is 12.1. The lowest BCUT2D eigenvalue weighted by Crippen LogP contribution is -2.13.